The minimum absolute atomic E-state index is 0.536. The lowest BCUT2D eigenvalue weighted by molar-refractivity contribution is 0.500. The number of nitrogens with one attached hydrogen (secondary N) is 1. The molecule has 0 bridgehead atoms. The highest BCUT2D eigenvalue weighted by atomic mass is 32.1. The number of fused-ring (bicyclic) bond motifs is 1. The van der Waals surface area contributed by atoms with E-state index in [1.54, 1.807) is 11.3 Å². The molecule has 84 valence electrons. The van der Waals surface area contributed by atoms with E-state index in [2.05, 4.69) is 35.3 Å². The largest absolute Gasteiger partial charge is 0.343 e. The number of anilines is 1. The van der Waals surface area contributed by atoms with E-state index in [1.165, 1.54) is 4.70 Å². The predicted molar refractivity (Wildman–Crippen MR) is 69.3 cm³/mol. The Morgan fingerprint density at radius 2 is 2.31 bits per heavy atom. The van der Waals surface area contributed by atoms with Gasteiger partial charge in [0.15, 0.2) is 5.13 Å². The third kappa shape index (κ3) is 1.68. The number of piperazine rings is 1. The van der Waals surface area contributed by atoms with Crippen LogP contribution in [0, 0.1) is 0 Å². The zero-order chi connectivity index (χ0) is 11.0. The topological polar surface area (TPSA) is 28.2 Å². The van der Waals surface area contributed by atoms with Crippen molar-refractivity contribution in [3.63, 3.8) is 0 Å². The van der Waals surface area contributed by atoms with E-state index in [0.717, 1.165) is 30.3 Å². The van der Waals surface area contributed by atoms with Crippen molar-refractivity contribution in [1.29, 1.82) is 0 Å². The smallest absolute Gasteiger partial charge is 0.186 e. The van der Waals surface area contributed by atoms with Gasteiger partial charge >= 0.3 is 0 Å². The summed E-state index contributed by atoms with van der Waals surface area (Å²) in [5.74, 6) is 0. The molecule has 2 aromatic rings. The summed E-state index contributed by atoms with van der Waals surface area (Å²) in [6.45, 7) is 5.41. The predicted octanol–water partition coefficient (Wildman–Crippen LogP) is 2.09. The summed E-state index contributed by atoms with van der Waals surface area (Å²) in [7, 11) is 0. The summed E-state index contributed by atoms with van der Waals surface area (Å²) in [6.07, 6.45) is 0. The number of hydrogen-bond donors (Lipinski definition) is 1. The molecule has 1 aromatic carbocycles. The van der Waals surface area contributed by atoms with Crippen LogP contribution in [0.4, 0.5) is 5.13 Å². The molecule has 1 aliphatic heterocycles. The van der Waals surface area contributed by atoms with Crippen molar-refractivity contribution in [2.75, 3.05) is 24.5 Å². The van der Waals surface area contributed by atoms with Gasteiger partial charge in [0.25, 0.3) is 0 Å². The molecule has 0 radical (unpaired) electrons. The Balaban J connectivity index is 1.98. The molecule has 0 aliphatic carbocycles. The fourth-order valence-corrected chi connectivity index (χ4v) is 3.20. The molecular weight excluding hydrogens is 218 g/mol. The van der Waals surface area contributed by atoms with E-state index in [4.69, 9.17) is 4.98 Å². The van der Waals surface area contributed by atoms with Gasteiger partial charge in [-0.05, 0) is 19.1 Å². The molecule has 1 aromatic heterocycles. The molecule has 3 rings (SSSR count). The molecular formula is C12H15N3S. The highest BCUT2D eigenvalue weighted by Crippen LogP contribution is 2.29. The molecule has 0 saturated carbocycles. The third-order valence-electron chi connectivity index (χ3n) is 3.03. The Labute approximate surface area is 99.1 Å². The van der Waals surface area contributed by atoms with Gasteiger partial charge < -0.3 is 10.2 Å². The highest BCUT2D eigenvalue weighted by Gasteiger charge is 2.20. The minimum atomic E-state index is 0.536. The Kier molecular flexibility index (Phi) is 2.53. The molecule has 16 heavy (non-hydrogen) atoms. The van der Waals surface area contributed by atoms with Gasteiger partial charge in [-0.2, -0.15) is 0 Å². The average molecular weight is 233 g/mol. The molecule has 0 unspecified atom stereocenters. The fraction of sp³-hybridized carbons (Fsp3) is 0.417. The number of aromatic nitrogens is 1. The van der Waals surface area contributed by atoms with Crippen molar-refractivity contribution in [3.05, 3.63) is 24.3 Å². The maximum Gasteiger partial charge on any atom is 0.186 e. The van der Waals surface area contributed by atoms with E-state index in [9.17, 15) is 0 Å². The third-order valence-corrected chi connectivity index (χ3v) is 4.10. The number of hydrogen-bond acceptors (Lipinski definition) is 4. The van der Waals surface area contributed by atoms with Crippen molar-refractivity contribution in [2.45, 2.75) is 13.0 Å². The molecule has 1 atom stereocenters. The van der Waals surface area contributed by atoms with Crippen LogP contribution in [0.3, 0.4) is 0 Å². The lowest BCUT2D eigenvalue weighted by Crippen LogP contribution is -2.49. The Hall–Kier alpha value is -1.13. The van der Waals surface area contributed by atoms with Crippen LogP contribution in [0.2, 0.25) is 0 Å². The van der Waals surface area contributed by atoms with Crippen molar-refractivity contribution >= 4 is 26.7 Å². The van der Waals surface area contributed by atoms with Crippen molar-refractivity contribution in [2.24, 2.45) is 0 Å². The highest BCUT2D eigenvalue weighted by molar-refractivity contribution is 7.22. The van der Waals surface area contributed by atoms with Crippen LogP contribution in [0.25, 0.3) is 10.2 Å². The van der Waals surface area contributed by atoms with E-state index in [0.29, 0.717) is 6.04 Å². The number of para-hydroxylation sites is 1. The normalized spacial score (nSPS) is 21.6. The van der Waals surface area contributed by atoms with Crippen molar-refractivity contribution in [1.82, 2.24) is 10.3 Å². The minimum Gasteiger partial charge on any atom is -0.343 e. The first-order valence-corrected chi connectivity index (χ1v) is 6.49. The van der Waals surface area contributed by atoms with Crippen LogP contribution in [0.1, 0.15) is 6.92 Å². The van der Waals surface area contributed by atoms with Gasteiger partial charge in [0, 0.05) is 25.7 Å². The lowest BCUT2D eigenvalue weighted by Gasteiger charge is -2.33. The lowest BCUT2D eigenvalue weighted by atomic mass is 10.2. The summed E-state index contributed by atoms with van der Waals surface area (Å²) >= 11 is 1.79. The summed E-state index contributed by atoms with van der Waals surface area (Å²) < 4.78 is 1.28. The van der Waals surface area contributed by atoms with E-state index < -0.39 is 0 Å². The molecule has 2 heterocycles. The van der Waals surface area contributed by atoms with Crippen LogP contribution < -0.4 is 10.2 Å². The Morgan fingerprint density at radius 3 is 3.12 bits per heavy atom. The number of benzene rings is 1. The number of rotatable bonds is 1. The Morgan fingerprint density at radius 1 is 1.44 bits per heavy atom. The molecule has 1 saturated heterocycles. The van der Waals surface area contributed by atoms with Crippen molar-refractivity contribution in [3.8, 4) is 0 Å². The van der Waals surface area contributed by atoms with Gasteiger partial charge in [-0.25, -0.2) is 4.98 Å². The second-order valence-corrected chi connectivity index (χ2v) is 5.22. The van der Waals surface area contributed by atoms with Gasteiger partial charge in [-0.15, -0.1) is 0 Å². The summed E-state index contributed by atoms with van der Waals surface area (Å²) in [5.41, 5.74) is 1.12. The monoisotopic (exact) mass is 233 g/mol. The SMILES string of the molecule is C[C@H]1CNCCN1c1nc2ccccc2s1. The van der Waals surface area contributed by atoms with E-state index in [1.807, 2.05) is 6.07 Å². The summed E-state index contributed by atoms with van der Waals surface area (Å²) in [5, 5.41) is 4.57. The summed E-state index contributed by atoms with van der Waals surface area (Å²) in [4.78, 5) is 7.11. The molecule has 1 N–H and O–H groups in total. The quantitative estimate of drug-likeness (QED) is 0.817. The maximum atomic E-state index is 4.70. The van der Waals surface area contributed by atoms with Crippen LogP contribution in [-0.4, -0.2) is 30.7 Å². The molecule has 0 spiro atoms. The van der Waals surface area contributed by atoms with Gasteiger partial charge in [-0.1, -0.05) is 23.5 Å². The fourth-order valence-electron chi connectivity index (χ4n) is 2.11. The molecule has 1 aliphatic rings. The zero-order valence-electron chi connectivity index (χ0n) is 9.31. The zero-order valence-corrected chi connectivity index (χ0v) is 10.1. The van der Waals surface area contributed by atoms with Crippen LogP contribution >= 0.6 is 11.3 Å². The molecule has 0 amide bonds. The van der Waals surface area contributed by atoms with Crippen LogP contribution in [-0.2, 0) is 0 Å². The molecule has 3 nitrogen and oxygen atoms in total. The second kappa shape index (κ2) is 4.03. The average Bonchev–Trinajstić information content (AvgIpc) is 2.73. The first-order chi connectivity index (χ1) is 7.84. The summed E-state index contributed by atoms with van der Waals surface area (Å²) in [6, 6.07) is 8.89. The van der Waals surface area contributed by atoms with E-state index >= 15 is 0 Å². The van der Waals surface area contributed by atoms with Gasteiger partial charge in [0.05, 0.1) is 10.2 Å². The molecule has 4 heteroatoms. The van der Waals surface area contributed by atoms with Crippen LogP contribution in [0.5, 0.6) is 0 Å². The van der Waals surface area contributed by atoms with E-state index in [-0.39, 0.29) is 0 Å². The van der Waals surface area contributed by atoms with Crippen LogP contribution in [0.15, 0.2) is 24.3 Å². The number of nitrogens with zero attached hydrogens (tertiary/aromatic N) is 2. The van der Waals surface area contributed by atoms with Gasteiger partial charge in [0.2, 0.25) is 0 Å². The van der Waals surface area contributed by atoms with Gasteiger partial charge in [0.1, 0.15) is 0 Å². The van der Waals surface area contributed by atoms with Crippen molar-refractivity contribution < 1.29 is 0 Å². The maximum absolute atomic E-state index is 4.70. The Bertz CT molecular complexity index is 461. The van der Waals surface area contributed by atoms with Gasteiger partial charge in [-0.3, -0.25) is 0 Å². The first-order valence-electron chi connectivity index (χ1n) is 5.67. The number of thiazole rings is 1. The first kappa shape index (κ1) is 10.1. The second-order valence-electron chi connectivity index (χ2n) is 4.21. The standard InChI is InChI=1S/C12H15N3S/c1-9-8-13-6-7-15(9)12-14-10-4-2-3-5-11(10)16-12/h2-5,9,13H,6-8H2,1H3/t9-/m0/s1. The molecule has 1 fully saturated rings.